The molecule has 0 bridgehead atoms. The van der Waals surface area contributed by atoms with Gasteiger partial charge in [-0.1, -0.05) is 50.2 Å². The zero-order valence-corrected chi connectivity index (χ0v) is 35.0. The van der Waals surface area contributed by atoms with Gasteiger partial charge in [-0.3, -0.25) is 24.5 Å². The van der Waals surface area contributed by atoms with Crippen molar-refractivity contribution in [3.8, 4) is 28.7 Å². The summed E-state index contributed by atoms with van der Waals surface area (Å²) in [5.74, 6) is 2.12. The highest BCUT2D eigenvalue weighted by molar-refractivity contribution is 7.81. The summed E-state index contributed by atoms with van der Waals surface area (Å²) in [6.07, 6.45) is 5.01. The molecule has 0 saturated heterocycles. The highest BCUT2D eigenvalue weighted by atomic mass is 32.1. The van der Waals surface area contributed by atoms with E-state index in [4.69, 9.17) is 33.7 Å². The zero-order chi connectivity index (χ0) is 41.5. The number of benzene rings is 4. The van der Waals surface area contributed by atoms with E-state index in [1.807, 2.05) is 71.8 Å². The van der Waals surface area contributed by atoms with Gasteiger partial charge >= 0.3 is 0 Å². The molecule has 0 radical (unpaired) electrons. The molecule has 9 rings (SSSR count). The van der Waals surface area contributed by atoms with Crippen molar-refractivity contribution in [2.24, 2.45) is 4.99 Å². The number of pyridine rings is 1. The third-order valence-corrected chi connectivity index (χ3v) is 11.6. The number of nitrogens with zero attached hydrogens (tertiary/aromatic N) is 4. The molecule has 2 atom stereocenters. The second-order valence-electron chi connectivity index (χ2n) is 16.1. The van der Waals surface area contributed by atoms with Crippen molar-refractivity contribution in [1.29, 1.82) is 0 Å². The van der Waals surface area contributed by atoms with Crippen LogP contribution in [0.25, 0.3) is 0 Å². The maximum absolute atomic E-state index is 14.0. The number of aromatic nitrogens is 1. The fraction of sp³-hybridized carbons (Fsp3) is 0.319. The standard InChI is InChI=1S/C47H47N5O7S/c1-47(2,60)14-9-15-57-34-18-30(26-58-43-22-37-35(20-41(43)55-3)45(53)51-32(24-48-37)16-28-10-5-7-12-39(28)51)50-31(19-34)27-59-44-23-38-36(21-42(44)56-4)46(54)52-33(25-49-38)17-29-11-6-8-13-40(29)52/h5-8,10-13,18-24,32-33,49,60H,9,14-17,25-27H2,1-4H3/t32-,33?/m0/s1. The smallest absolute Gasteiger partial charge is 0.261 e. The van der Waals surface area contributed by atoms with Crippen LogP contribution in [-0.4, -0.2) is 67.2 Å². The number of fused-ring (bicyclic) bond motifs is 8. The molecular weight excluding hydrogens is 779 g/mol. The number of aliphatic imine (C=N–C) groups is 1. The predicted molar refractivity (Wildman–Crippen MR) is 235 cm³/mol. The number of carbonyl (C=O) groups excluding carboxylic acids is 2. The number of carbonyl (C=O) groups is 2. The molecule has 60 heavy (non-hydrogen) atoms. The second kappa shape index (κ2) is 16.1. The van der Waals surface area contributed by atoms with E-state index in [-0.39, 0.29) is 41.9 Å². The molecular formula is C47H47N5O7S. The minimum atomic E-state index is -0.176. The minimum absolute atomic E-state index is 0.000866. The Morgan fingerprint density at radius 2 is 1.37 bits per heavy atom. The van der Waals surface area contributed by atoms with Crippen molar-refractivity contribution in [2.75, 3.05) is 42.5 Å². The highest BCUT2D eigenvalue weighted by Gasteiger charge is 2.38. The number of thiol groups is 1. The lowest BCUT2D eigenvalue weighted by Gasteiger charge is -2.22. The number of anilines is 3. The molecule has 4 aliphatic rings. The number of hydrogen-bond acceptors (Lipinski definition) is 11. The molecule has 5 heterocycles. The van der Waals surface area contributed by atoms with Gasteiger partial charge < -0.3 is 33.9 Å². The number of hydrogen-bond donors (Lipinski definition) is 2. The van der Waals surface area contributed by atoms with E-state index < -0.39 is 0 Å². The van der Waals surface area contributed by atoms with Crippen LogP contribution < -0.4 is 38.8 Å². The SMILES string of the molecule is COc1cc2c(cc1OCc1cc(OCCCC(C)(C)S)cc(COc3cc4c(cc3OC)C(=O)N3c5ccccc5CC3CN4)n1)N=C[C@@H]1Cc3ccccc3N1C2=O. The van der Waals surface area contributed by atoms with Crippen LogP contribution in [0.1, 0.15) is 69.9 Å². The molecule has 1 N–H and O–H groups in total. The first-order chi connectivity index (χ1) is 29.1. The number of rotatable bonds is 13. The summed E-state index contributed by atoms with van der Waals surface area (Å²) in [4.78, 5) is 41.3. The van der Waals surface area contributed by atoms with Crippen LogP contribution in [-0.2, 0) is 26.1 Å². The lowest BCUT2D eigenvalue weighted by molar-refractivity contribution is 0.0976. The quantitative estimate of drug-likeness (QED) is 0.0890. The average molecular weight is 826 g/mol. The van der Waals surface area contributed by atoms with E-state index >= 15 is 0 Å². The van der Waals surface area contributed by atoms with Crippen LogP contribution in [0.3, 0.4) is 0 Å². The largest absolute Gasteiger partial charge is 0.493 e. The zero-order valence-electron chi connectivity index (χ0n) is 34.1. The highest BCUT2D eigenvalue weighted by Crippen LogP contribution is 2.43. The van der Waals surface area contributed by atoms with Gasteiger partial charge in [-0.05, 0) is 54.7 Å². The molecule has 0 saturated carbocycles. The van der Waals surface area contributed by atoms with Crippen molar-refractivity contribution in [3.63, 3.8) is 0 Å². The maximum atomic E-state index is 14.0. The molecule has 308 valence electrons. The molecule has 0 aliphatic carbocycles. The Kier molecular flexibility index (Phi) is 10.5. The molecule has 0 fully saturated rings. The molecule has 12 nitrogen and oxygen atoms in total. The van der Waals surface area contributed by atoms with Crippen molar-refractivity contribution in [1.82, 2.24) is 4.98 Å². The Balaban J connectivity index is 0.955. The lowest BCUT2D eigenvalue weighted by Crippen LogP contribution is -2.39. The van der Waals surface area contributed by atoms with Crippen molar-refractivity contribution in [2.45, 2.75) is 69.6 Å². The van der Waals surface area contributed by atoms with E-state index in [0.717, 1.165) is 41.8 Å². The van der Waals surface area contributed by atoms with E-state index in [9.17, 15) is 9.59 Å². The van der Waals surface area contributed by atoms with E-state index in [0.29, 0.717) is 82.2 Å². The molecule has 5 aromatic rings. The van der Waals surface area contributed by atoms with Gasteiger partial charge in [-0.15, -0.1) is 0 Å². The predicted octanol–water partition coefficient (Wildman–Crippen LogP) is 8.41. The molecule has 4 aromatic carbocycles. The third kappa shape index (κ3) is 7.69. The summed E-state index contributed by atoms with van der Waals surface area (Å²) >= 11 is 4.67. The van der Waals surface area contributed by atoms with E-state index in [1.54, 1.807) is 37.3 Å². The van der Waals surface area contributed by atoms with Gasteiger partial charge in [0.25, 0.3) is 11.8 Å². The van der Waals surface area contributed by atoms with Crippen molar-refractivity contribution < 1.29 is 33.3 Å². The monoisotopic (exact) mass is 825 g/mol. The summed E-state index contributed by atoms with van der Waals surface area (Å²) in [5, 5.41) is 3.49. The number of amides is 2. The molecule has 4 aliphatic heterocycles. The first-order valence-corrected chi connectivity index (χ1v) is 20.7. The Labute approximate surface area is 354 Å². The maximum Gasteiger partial charge on any atom is 0.261 e. The van der Waals surface area contributed by atoms with E-state index in [2.05, 4.69) is 37.9 Å². The van der Waals surface area contributed by atoms with Gasteiger partial charge in [0.05, 0.1) is 66.8 Å². The Morgan fingerprint density at radius 3 is 2.05 bits per heavy atom. The number of ether oxygens (including phenoxy) is 5. The lowest BCUT2D eigenvalue weighted by atomic mass is 10.1. The number of para-hydroxylation sites is 2. The van der Waals surface area contributed by atoms with Gasteiger partial charge in [-0.2, -0.15) is 12.6 Å². The van der Waals surface area contributed by atoms with Gasteiger partial charge in [0.1, 0.15) is 19.0 Å². The van der Waals surface area contributed by atoms with Gasteiger partial charge in [0.2, 0.25) is 0 Å². The van der Waals surface area contributed by atoms with Gasteiger partial charge in [0, 0.05) is 59.6 Å². The molecule has 2 amide bonds. The fourth-order valence-electron chi connectivity index (χ4n) is 8.45. The van der Waals surface area contributed by atoms with Crippen LogP contribution in [0.5, 0.6) is 28.7 Å². The Hall–Kier alpha value is -6.21. The third-order valence-electron chi connectivity index (χ3n) is 11.3. The molecule has 1 aromatic heterocycles. The first kappa shape index (κ1) is 39.3. The van der Waals surface area contributed by atoms with E-state index in [1.165, 1.54) is 0 Å². The number of methoxy groups -OCH3 is 2. The Bertz CT molecular complexity index is 2520. The second-order valence-corrected chi connectivity index (χ2v) is 17.3. The van der Waals surface area contributed by atoms with Crippen LogP contribution in [0.4, 0.5) is 22.7 Å². The van der Waals surface area contributed by atoms with Gasteiger partial charge in [-0.25, -0.2) is 0 Å². The van der Waals surface area contributed by atoms with Gasteiger partial charge in [0.15, 0.2) is 23.0 Å². The molecule has 0 spiro atoms. The summed E-state index contributed by atoms with van der Waals surface area (Å²) in [5.41, 5.74) is 7.45. The minimum Gasteiger partial charge on any atom is -0.493 e. The molecule has 13 heteroatoms. The Morgan fingerprint density at radius 1 is 0.750 bits per heavy atom. The van der Waals surface area contributed by atoms with Crippen LogP contribution in [0.15, 0.2) is 89.9 Å². The van der Waals surface area contributed by atoms with Crippen LogP contribution in [0, 0.1) is 0 Å². The summed E-state index contributed by atoms with van der Waals surface area (Å²) in [6.45, 7) is 5.40. The van der Waals surface area contributed by atoms with Crippen LogP contribution >= 0.6 is 12.6 Å². The summed E-state index contributed by atoms with van der Waals surface area (Å²) in [6, 6.07) is 26.5. The average Bonchev–Trinajstić information content (AvgIpc) is 3.74. The summed E-state index contributed by atoms with van der Waals surface area (Å²) in [7, 11) is 3.11. The molecule has 1 unspecified atom stereocenters. The normalized spacial score (nSPS) is 17.3. The number of nitrogens with one attached hydrogen (secondary N) is 1. The summed E-state index contributed by atoms with van der Waals surface area (Å²) < 4.78 is 30.4. The van der Waals surface area contributed by atoms with Crippen molar-refractivity contribution in [3.05, 3.63) is 119 Å². The first-order valence-electron chi connectivity index (χ1n) is 20.2. The van der Waals surface area contributed by atoms with Crippen LogP contribution in [0.2, 0.25) is 0 Å². The topological polar surface area (TPSA) is 124 Å². The fourth-order valence-corrected chi connectivity index (χ4v) is 8.61. The van der Waals surface area contributed by atoms with Crippen molar-refractivity contribution >= 4 is 53.4 Å².